The van der Waals surface area contributed by atoms with Crippen LogP contribution in [-0.2, 0) is 9.47 Å². The quantitative estimate of drug-likeness (QED) is 0.244. The van der Waals surface area contributed by atoms with Gasteiger partial charge in [0, 0.05) is 0 Å². The number of hydrogen-bond acceptors (Lipinski definition) is 7. The van der Waals surface area contributed by atoms with Gasteiger partial charge < -0.3 is 35.0 Å². The molecule has 4 fully saturated rings. The molecule has 0 unspecified atom stereocenters. The number of aliphatic hydroxyl groups excluding tert-OH is 5. The van der Waals surface area contributed by atoms with Crippen LogP contribution in [0, 0.1) is 52.3 Å². The second-order valence-electron chi connectivity index (χ2n) is 15.8. The van der Waals surface area contributed by atoms with Crippen LogP contribution in [0.3, 0.4) is 0 Å². The largest absolute Gasteiger partial charge is 0.394 e. The average Bonchev–Trinajstić information content (AvgIpc) is 3.31. The van der Waals surface area contributed by atoms with Crippen LogP contribution in [-0.4, -0.2) is 75.1 Å². The van der Waals surface area contributed by atoms with Crippen molar-refractivity contribution in [3.05, 3.63) is 11.6 Å². The van der Waals surface area contributed by atoms with Gasteiger partial charge in [0.05, 0.1) is 18.8 Å². The van der Waals surface area contributed by atoms with E-state index in [0.29, 0.717) is 29.6 Å². The Balaban J connectivity index is 1.27. The van der Waals surface area contributed by atoms with Gasteiger partial charge >= 0.3 is 0 Å². The number of ether oxygens (including phenoxy) is 2. The van der Waals surface area contributed by atoms with E-state index in [0.717, 1.165) is 42.9 Å². The minimum atomic E-state index is -1.44. The van der Waals surface area contributed by atoms with E-state index in [9.17, 15) is 25.5 Å². The lowest BCUT2D eigenvalue weighted by molar-refractivity contribution is -0.313. The van der Waals surface area contributed by atoms with Crippen LogP contribution in [0.2, 0.25) is 0 Å². The monoisotopic (exact) mass is 592 g/mol. The maximum atomic E-state index is 11.7. The van der Waals surface area contributed by atoms with Gasteiger partial charge in [-0.2, -0.15) is 0 Å². The minimum absolute atomic E-state index is 0.0236. The van der Waals surface area contributed by atoms with Crippen LogP contribution in [0.1, 0.15) is 106 Å². The number of hydrogen-bond donors (Lipinski definition) is 5. The highest BCUT2D eigenvalue weighted by Crippen LogP contribution is 2.67. The molecule has 1 aliphatic heterocycles. The molecule has 242 valence electrons. The van der Waals surface area contributed by atoms with E-state index < -0.39 is 43.4 Å². The Labute approximate surface area is 254 Å². The van der Waals surface area contributed by atoms with Crippen molar-refractivity contribution in [2.24, 2.45) is 52.3 Å². The van der Waals surface area contributed by atoms with E-state index in [1.165, 1.54) is 44.1 Å². The van der Waals surface area contributed by atoms with Crippen molar-refractivity contribution >= 4 is 0 Å². The summed E-state index contributed by atoms with van der Waals surface area (Å²) in [5.74, 6) is 4.35. The number of rotatable bonds is 9. The molecule has 1 saturated heterocycles. The molecule has 15 atom stereocenters. The van der Waals surface area contributed by atoms with Crippen molar-refractivity contribution in [3.8, 4) is 0 Å². The van der Waals surface area contributed by atoms with Gasteiger partial charge in [-0.25, -0.2) is 0 Å². The normalized spacial score (nSPS) is 48.7. The highest BCUT2D eigenvalue weighted by molar-refractivity contribution is 5.28. The zero-order valence-corrected chi connectivity index (χ0v) is 27.0. The molecule has 7 nitrogen and oxygen atoms in total. The predicted octanol–water partition coefficient (Wildman–Crippen LogP) is 4.82. The highest BCUT2D eigenvalue weighted by Gasteiger charge is 2.61. The highest BCUT2D eigenvalue weighted by atomic mass is 16.7. The summed E-state index contributed by atoms with van der Waals surface area (Å²) in [6.45, 7) is 14.1. The molecule has 42 heavy (non-hydrogen) atoms. The fourth-order valence-electron chi connectivity index (χ4n) is 10.8. The van der Waals surface area contributed by atoms with Crippen molar-refractivity contribution in [2.75, 3.05) is 6.61 Å². The third-order valence-electron chi connectivity index (χ3n) is 13.5. The van der Waals surface area contributed by atoms with Crippen molar-refractivity contribution in [2.45, 2.75) is 149 Å². The first-order chi connectivity index (χ1) is 19.8. The Morgan fingerprint density at radius 1 is 0.929 bits per heavy atom. The zero-order chi connectivity index (χ0) is 30.6. The molecule has 1 heterocycles. The Kier molecular flexibility index (Phi) is 9.92. The van der Waals surface area contributed by atoms with Crippen LogP contribution in [0.25, 0.3) is 0 Å². The topological polar surface area (TPSA) is 120 Å². The molecule has 5 rings (SSSR count). The van der Waals surface area contributed by atoms with Gasteiger partial charge in [-0.3, -0.25) is 0 Å². The van der Waals surface area contributed by atoms with E-state index in [2.05, 4.69) is 47.6 Å². The van der Waals surface area contributed by atoms with E-state index in [4.69, 9.17) is 9.47 Å². The third-order valence-corrected chi connectivity index (χ3v) is 13.5. The van der Waals surface area contributed by atoms with Crippen molar-refractivity contribution in [3.63, 3.8) is 0 Å². The van der Waals surface area contributed by atoms with Crippen LogP contribution in [0.15, 0.2) is 11.6 Å². The van der Waals surface area contributed by atoms with Crippen molar-refractivity contribution in [1.29, 1.82) is 0 Å². The Hall–Kier alpha value is -0.540. The summed E-state index contributed by atoms with van der Waals surface area (Å²) < 4.78 is 11.8. The van der Waals surface area contributed by atoms with E-state index in [1.807, 2.05) is 0 Å². The fraction of sp³-hybridized carbons (Fsp3) is 0.943. The van der Waals surface area contributed by atoms with Gasteiger partial charge in [-0.1, -0.05) is 66.0 Å². The molecule has 0 radical (unpaired) electrons. The molecule has 5 N–H and O–H groups in total. The maximum absolute atomic E-state index is 11.7. The molecule has 7 heteroatoms. The van der Waals surface area contributed by atoms with E-state index >= 15 is 0 Å². The SMILES string of the molecule is CC[C@H](CC[C@@H](C)[C@H]1CC[C@H]2[C@@H]3[C@@H](O)C=C4C[C@@H](O[C@@H]5O[C@H](CO)[C@@H](O)[C@H](O)[C@H]5O)CC[C@]4(C)[C@H]3CC[C@]12C)C(C)C. The number of aliphatic hydroxyl groups is 5. The lowest BCUT2D eigenvalue weighted by Gasteiger charge is -2.59. The first kappa shape index (κ1) is 32.8. The minimum Gasteiger partial charge on any atom is -0.394 e. The molecule has 0 spiro atoms. The first-order valence-electron chi connectivity index (χ1n) is 17.2. The lowest BCUT2D eigenvalue weighted by Crippen LogP contribution is -2.60. The molecule has 0 aromatic carbocycles. The Morgan fingerprint density at radius 2 is 1.67 bits per heavy atom. The van der Waals surface area contributed by atoms with E-state index in [1.54, 1.807) is 0 Å². The van der Waals surface area contributed by atoms with Gasteiger partial charge in [-0.15, -0.1) is 0 Å². The molecule has 0 bridgehead atoms. The molecule has 0 aromatic heterocycles. The summed E-state index contributed by atoms with van der Waals surface area (Å²) in [5.41, 5.74) is 1.57. The third kappa shape index (κ3) is 5.67. The lowest BCUT2D eigenvalue weighted by atomic mass is 9.46. The summed E-state index contributed by atoms with van der Waals surface area (Å²) in [6, 6.07) is 0. The standard InChI is InChI=1S/C35H60O7/c1-7-21(19(2)3)9-8-20(4)24-10-11-25-29-26(13-15-35(24,25)6)34(5)14-12-23(16-22(34)17-27(29)37)41-33-32(40)31(39)30(38)28(18-36)42-33/h17,19-21,23-33,36-40H,7-16,18H2,1-6H3/t20-,21-,23+,24-,25+,26+,27+,28-,29+,30-,31+,32-,33-,34+,35-/m1/s1. The summed E-state index contributed by atoms with van der Waals surface area (Å²) in [4.78, 5) is 0. The van der Waals surface area contributed by atoms with Crippen LogP contribution in [0.4, 0.5) is 0 Å². The molecular weight excluding hydrogens is 532 g/mol. The van der Waals surface area contributed by atoms with E-state index in [-0.39, 0.29) is 11.5 Å². The van der Waals surface area contributed by atoms with Crippen molar-refractivity contribution < 1.29 is 35.0 Å². The zero-order valence-electron chi connectivity index (χ0n) is 27.0. The Bertz CT molecular complexity index is 952. The summed E-state index contributed by atoms with van der Waals surface area (Å²) in [7, 11) is 0. The van der Waals surface area contributed by atoms with Gasteiger partial charge in [0.25, 0.3) is 0 Å². The van der Waals surface area contributed by atoms with Crippen LogP contribution < -0.4 is 0 Å². The van der Waals surface area contributed by atoms with Gasteiger partial charge in [0.2, 0.25) is 0 Å². The van der Waals surface area contributed by atoms with Gasteiger partial charge in [0.15, 0.2) is 6.29 Å². The first-order valence-corrected chi connectivity index (χ1v) is 17.2. The molecule has 4 aliphatic carbocycles. The smallest absolute Gasteiger partial charge is 0.186 e. The average molecular weight is 593 g/mol. The summed E-state index contributed by atoms with van der Waals surface area (Å²) >= 11 is 0. The fourth-order valence-corrected chi connectivity index (χ4v) is 10.8. The molecule has 5 aliphatic rings. The van der Waals surface area contributed by atoms with Crippen LogP contribution >= 0.6 is 0 Å². The van der Waals surface area contributed by atoms with Gasteiger partial charge in [-0.05, 0) is 104 Å². The molecule has 0 aromatic rings. The second-order valence-corrected chi connectivity index (χ2v) is 15.8. The Morgan fingerprint density at radius 3 is 2.33 bits per heavy atom. The second kappa shape index (κ2) is 12.7. The molecule has 0 amide bonds. The van der Waals surface area contributed by atoms with Gasteiger partial charge in [0.1, 0.15) is 24.4 Å². The summed E-state index contributed by atoms with van der Waals surface area (Å²) in [6.07, 6.45) is 6.41. The number of fused-ring (bicyclic) bond motifs is 5. The molecule has 3 saturated carbocycles. The van der Waals surface area contributed by atoms with Crippen LogP contribution in [0.5, 0.6) is 0 Å². The summed E-state index contributed by atoms with van der Waals surface area (Å²) in [5, 5.41) is 52.1. The molecular formula is C35H60O7. The predicted molar refractivity (Wildman–Crippen MR) is 162 cm³/mol. The maximum Gasteiger partial charge on any atom is 0.186 e. The van der Waals surface area contributed by atoms with Crippen molar-refractivity contribution in [1.82, 2.24) is 0 Å².